The smallest absolute Gasteiger partial charge is 0.271 e. The maximum Gasteiger partial charge on any atom is 0.271 e. The Hall–Kier alpha value is -3.93. The zero-order chi connectivity index (χ0) is 20.8. The van der Waals surface area contributed by atoms with Crippen molar-refractivity contribution in [2.24, 2.45) is 5.10 Å². The fourth-order valence-corrected chi connectivity index (χ4v) is 2.72. The summed E-state index contributed by atoms with van der Waals surface area (Å²) in [5, 5.41) is 6.94. The minimum absolute atomic E-state index is 0.201. The van der Waals surface area contributed by atoms with Gasteiger partial charge in [-0.2, -0.15) is 5.10 Å². The summed E-state index contributed by atoms with van der Waals surface area (Å²) in [4.78, 5) is 24.6. The minimum atomic E-state index is -0.343. The summed E-state index contributed by atoms with van der Waals surface area (Å²) < 4.78 is 0. The van der Waals surface area contributed by atoms with Gasteiger partial charge >= 0.3 is 0 Å². The maximum atomic E-state index is 12.3. The molecule has 0 atom stereocenters. The summed E-state index contributed by atoms with van der Waals surface area (Å²) in [6.07, 6.45) is 0. The first-order chi connectivity index (χ1) is 13.9. The van der Waals surface area contributed by atoms with Crippen LogP contribution in [0.2, 0.25) is 0 Å². The highest BCUT2D eigenvalue weighted by Crippen LogP contribution is 2.13. The third-order valence-electron chi connectivity index (χ3n) is 4.31. The topological polar surface area (TPSA) is 96.6 Å². The first-order valence-corrected chi connectivity index (χ1v) is 9.11. The van der Waals surface area contributed by atoms with Crippen LogP contribution in [0.1, 0.15) is 38.8 Å². The predicted octanol–water partition coefficient (Wildman–Crippen LogP) is 3.98. The fraction of sp³-hybridized carbons (Fsp3) is 0.0870. The van der Waals surface area contributed by atoms with E-state index in [1.54, 1.807) is 49.4 Å². The largest absolute Gasteiger partial charge is 0.399 e. The van der Waals surface area contributed by atoms with Gasteiger partial charge in [0.05, 0.1) is 5.71 Å². The molecule has 2 amide bonds. The van der Waals surface area contributed by atoms with Crippen molar-refractivity contribution < 1.29 is 9.59 Å². The molecule has 6 nitrogen and oxygen atoms in total. The first kappa shape index (κ1) is 19.8. The van der Waals surface area contributed by atoms with Crippen molar-refractivity contribution in [3.63, 3.8) is 0 Å². The molecule has 146 valence electrons. The zero-order valence-electron chi connectivity index (χ0n) is 16.3. The number of nitrogens with two attached hydrogens (primary N) is 1. The number of carbonyl (C=O) groups is 2. The number of benzene rings is 3. The molecule has 0 aliphatic rings. The van der Waals surface area contributed by atoms with E-state index >= 15 is 0 Å². The number of rotatable bonds is 5. The number of carbonyl (C=O) groups excluding carboxylic acids is 2. The van der Waals surface area contributed by atoms with Crippen LogP contribution < -0.4 is 16.5 Å². The van der Waals surface area contributed by atoms with Gasteiger partial charge in [0.15, 0.2) is 0 Å². The molecule has 6 heteroatoms. The van der Waals surface area contributed by atoms with E-state index in [0.717, 1.165) is 11.1 Å². The Morgan fingerprint density at radius 3 is 2.21 bits per heavy atom. The molecule has 0 radical (unpaired) electrons. The normalized spacial score (nSPS) is 11.0. The van der Waals surface area contributed by atoms with Crippen molar-refractivity contribution >= 4 is 28.9 Å². The second kappa shape index (κ2) is 8.84. The highest BCUT2D eigenvalue weighted by atomic mass is 16.2. The standard InChI is InChI=1S/C23H22N4O2/c1-15-5-3-7-19(13-15)22(28)25-21-11-9-17(10-12-21)23(29)27-26-16(2)18-6-4-8-20(24)14-18/h3-14H,24H2,1-2H3,(H,25,28)(H,27,29). The number of nitrogens with one attached hydrogen (secondary N) is 2. The van der Waals surface area contributed by atoms with Crippen LogP contribution in [0, 0.1) is 6.92 Å². The summed E-state index contributed by atoms with van der Waals surface area (Å²) in [7, 11) is 0. The molecule has 0 unspecified atom stereocenters. The highest BCUT2D eigenvalue weighted by molar-refractivity contribution is 6.05. The van der Waals surface area contributed by atoms with Gasteiger partial charge < -0.3 is 11.1 Å². The molecular weight excluding hydrogens is 364 g/mol. The molecule has 0 spiro atoms. The molecule has 3 rings (SSSR count). The molecular formula is C23H22N4O2. The molecule has 29 heavy (non-hydrogen) atoms. The van der Waals surface area contributed by atoms with Gasteiger partial charge in [-0.25, -0.2) is 5.43 Å². The third-order valence-corrected chi connectivity index (χ3v) is 4.31. The van der Waals surface area contributed by atoms with E-state index in [1.165, 1.54) is 0 Å². The van der Waals surface area contributed by atoms with E-state index in [4.69, 9.17) is 5.73 Å². The van der Waals surface area contributed by atoms with Crippen molar-refractivity contribution in [2.75, 3.05) is 11.1 Å². The Balaban J connectivity index is 1.62. The van der Waals surface area contributed by atoms with Crippen LogP contribution in [0.5, 0.6) is 0 Å². The highest BCUT2D eigenvalue weighted by Gasteiger charge is 2.08. The lowest BCUT2D eigenvalue weighted by atomic mass is 10.1. The summed E-state index contributed by atoms with van der Waals surface area (Å²) in [5.74, 6) is -0.543. The molecule has 3 aromatic carbocycles. The van der Waals surface area contributed by atoms with Crippen LogP contribution >= 0.6 is 0 Å². The van der Waals surface area contributed by atoms with E-state index < -0.39 is 0 Å². The molecule has 4 N–H and O–H groups in total. The Morgan fingerprint density at radius 1 is 0.828 bits per heavy atom. The number of hydrogen-bond donors (Lipinski definition) is 3. The van der Waals surface area contributed by atoms with E-state index in [-0.39, 0.29) is 11.8 Å². The third kappa shape index (κ3) is 5.29. The van der Waals surface area contributed by atoms with Crippen LogP contribution in [0.3, 0.4) is 0 Å². The fourth-order valence-electron chi connectivity index (χ4n) is 2.72. The minimum Gasteiger partial charge on any atom is -0.399 e. The van der Waals surface area contributed by atoms with Gasteiger partial charge in [0.2, 0.25) is 0 Å². The van der Waals surface area contributed by atoms with E-state index in [0.29, 0.717) is 28.2 Å². The van der Waals surface area contributed by atoms with Gasteiger partial charge in [0, 0.05) is 22.5 Å². The Morgan fingerprint density at radius 2 is 1.52 bits per heavy atom. The average Bonchev–Trinajstić information content (AvgIpc) is 2.72. The van der Waals surface area contributed by atoms with Crippen LogP contribution in [0.25, 0.3) is 0 Å². The van der Waals surface area contributed by atoms with Gasteiger partial charge in [-0.3, -0.25) is 9.59 Å². The predicted molar refractivity (Wildman–Crippen MR) is 116 cm³/mol. The van der Waals surface area contributed by atoms with Crippen LogP contribution in [0.15, 0.2) is 77.9 Å². The van der Waals surface area contributed by atoms with Crippen molar-refractivity contribution in [1.29, 1.82) is 0 Å². The molecule has 0 saturated carbocycles. The van der Waals surface area contributed by atoms with Gasteiger partial charge in [-0.05, 0) is 67.9 Å². The molecule has 0 aromatic heterocycles. The number of aryl methyl sites for hydroxylation is 1. The molecule has 0 aliphatic heterocycles. The quantitative estimate of drug-likeness (QED) is 0.351. The number of hydrazone groups is 1. The zero-order valence-corrected chi connectivity index (χ0v) is 16.3. The van der Waals surface area contributed by atoms with Crippen molar-refractivity contribution in [2.45, 2.75) is 13.8 Å². The monoisotopic (exact) mass is 386 g/mol. The SMILES string of the molecule is CC(=NNC(=O)c1ccc(NC(=O)c2cccc(C)c2)cc1)c1cccc(N)c1. The Labute approximate surface area is 169 Å². The summed E-state index contributed by atoms with van der Waals surface area (Å²) in [5.41, 5.74) is 13.0. The molecule has 0 fully saturated rings. The van der Waals surface area contributed by atoms with Gasteiger partial charge in [0.25, 0.3) is 11.8 Å². The number of nitrogen functional groups attached to an aromatic ring is 1. The summed E-state index contributed by atoms with van der Waals surface area (Å²) in [6.45, 7) is 3.72. The van der Waals surface area contributed by atoms with E-state index in [9.17, 15) is 9.59 Å². The van der Waals surface area contributed by atoms with Gasteiger partial charge in [-0.1, -0.05) is 29.8 Å². The van der Waals surface area contributed by atoms with Gasteiger partial charge in [-0.15, -0.1) is 0 Å². The van der Waals surface area contributed by atoms with Crippen molar-refractivity contribution in [3.05, 3.63) is 95.1 Å². The molecule has 0 heterocycles. The lowest BCUT2D eigenvalue weighted by Gasteiger charge is -2.07. The van der Waals surface area contributed by atoms with Gasteiger partial charge in [0.1, 0.15) is 0 Å². The first-order valence-electron chi connectivity index (χ1n) is 9.11. The Kier molecular flexibility index (Phi) is 6.04. The number of nitrogens with zero attached hydrogens (tertiary/aromatic N) is 1. The van der Waals surface area contributed by atoms with E-state index in [1.807, 2.05) is 37.3 Å². The summed E-state index contributed by atoms with van der Waals surface area (Å²) >= 11 is 0. The second-order valence-corrected chi connectivity index (χ2v) is 6.66. The number of anilines is 2. The Bertz CT molecular complexity index is 1070. The van der Waals surface area contributed by atoms with E-state index in [2.05, 4.69) is 15.8 Å². The number of amides is 2. The number of hydrogen-bond acceptors (Lipinski definition) is 4. The summed E-state index contributed by atoms with van der Waals surface area (Å²) in [6, 6.07) is 21.2. The molecule has 0 bridgehead atoms. The molecule has 0 saturated heterocycles. The average molecular weight is 386 g/mol. The molecule has 3 aromatic rings. The van der Waals surface area contributed by atoms with Crippen molar-refractivity contribution in [3.8, 4) is 0 Å². The maximum absolute atomic E-state index is 12.3. The lowest BCUT2D eigenvalue weighted by molar-refractivity contribution is 0.0954. The second-order valence-electron chi connectivity index (χ2n) is 6.66. The van der Waals surface area contributed by atoms with Crippen molar-refractivity contribution in [1.82, 2.24) is 5.43 Å². The van der Waals surface area contributed by atoms with Crippen LogP contribution in [0.4, 0.5) is 11.4 Å². The van der Waals surface area contributed by atoms with Crippen LogP contribution in [-0.2, 0) is 0 Å². The lowest BCUT2D eigenvalue weighted by Crippen LogP contribution is -2.19. The molecule has 0 aliphatic carbocycles. The van der Waals surface area contributed by atoms with Crippen LogP contribution in [-0.4, -0.2) is 17.5 Å².